The Hall–Kier alpha value is -3.09. The second kappa shape index (κ2) is 6.82. The number of carbonyl (C=O) groups excluding carboxylic acids is 1. The quantitative estimate of drug-likeness (QED) is 0.697. The monoisotopic (exact) mass is 378 g/mol. The summed E-state index contributed by atoms with van der Waals surface area (Å²) in [6, 6.07) is 9.30. The largest absolute Gasteiger partial charge is 0.454 e. The molecule has 1 amide bonds. The van der Waals surface area contributed by atoms with Crippen molar-refractivity contribution in [1.29, 1.82) is 0 Å². The summed E-state index contributed by atoms with van der Waals surface area (Å²) in [6.45, 7) is 4.64. The van der Waals surface area contributed by atoms with E-state index in [0.717, 1.165) is 42.9 Å². The number of hydrogen-bond donors (Lipinski definition) is 0. The van der Waals surface area contributed by atoms with Gasteiger partial charge in [0.25, 0.3) is 5.91 Å². The number of ether oxygens (including phenoxy) is 2. The first-order valence-electron chi connectivity index (χ1n) is 9.74. The van der Waals surface area contributed by atoms with E-state index in [1.807, 2.05) is 23.2 Å². The van der Waals surface area contributed by atoms with Crippen LogP contribution in [0.5, 0.6) is 11.5 Å². The molecular formula is C21H22N4O3. The molecule has 0 aliphatic carbocycles. The fourth-order valence-electron chi connectivity index (χ4n) is 4.10. The van der Waals surface area contributed by atoms with Gasteiger partial charge in [0.2, 0.25) is 6.79 Å². The summed E-state index contributed by atoms with van der Waals surface area (Å²) in [4.78, 5) is 24.3. The number of pyridine rings is 1. The lowest BCUT2D eigenvalue weighted by Crippen LogP contribution is -2.28. The molecule has 1 fully saturated rings. The number of likely N-dealkylation sites (tertiary alicyclic amines) is 1. The number of hydrogen-bond acceptors (Lipinski definition) is 5. The number of aromatic nitrogens is 3. The lowest BCUT2D eigenvalue weighted by atomic mass is 10.1. The molecule has 0 saturated carbocycles. The summed E-state index contributed by atoms with van der Waals surface area (Å²) < 4.78 is 13.0. The second-order valence-corrected chi connectivity index (χ2v) is 7.27. The third-order valence-electron chi connectivity index (χ3n) is 5.44. The van der Waals surface area contributed by atoms with Crippen molar-refractivity contribution in [3.05, 3.63) is 47.9 Å². The van der Waals surface area contributed by atoms with Crippen molar-refractivity contribution in [1.82, 2.24) is 19.4 Å². The van der Waals surface area contributed by atoms with Crippen molar-refractivity contribution in [2.75, 3.05) is 19.9 Å². The fourth-order valence-corrected chi connectivity index (χ4v) is 4.10. The zero-order valence-electron chi connectivity index (χ0n) is 15.8. The molecule has 144 valence electrons. The van der Waals surface area contributed by atoms with Gasteiger partial charge in [-0.25, -0.2) is 9.97 Å². The molecule has 0 spiro atoms. The van der Waals surface area contributed by atoms with E-state index in [4.69, 9.17) is 14.5 Å². The van der Waals surface area contributed by atoms with Gasteiger partial charge >= 0.3 is 0 Å². The zero-order chi connectivity index (χ0) is 19.1. The van der Waals surface area contributed by atoms with E-state index in [-0.39, 0.29) is 18.6 Å². The number of fused-ring (bicyclic) bond motifs is 2. The van der Waals surface area contributed by atoms with Gasteiger partial charge in [-0.2, -0.15) is 0 Å². The molecule has 1 saturated heterocycles. The zero-order valence-corrected chi connectivity index (χ0v) is 15.8. The lowest BCUT2D eigenvalue weighted by molar-refractivity contribution is 0.0790. The summed E-state index contributed by atoms with van der Waals surface area (Å²) in [5.41, 5.74) is 2.49. The highest BCUT2D eigenvalue weighted by atomic mass is 16.7. The van der Waals surface area contributed by atoms with E-state index in [9.17, 15) is 4.79 Å². The van der Waals surface area contributed by atoms with Gasteiger partial charge in [-0.15, -0.1) is 0 Å². The molecule has 1 atom stereocenters. The van der Waals surface area contributed by atoms with E-state index < -0.39 is 0 Å². The maximum atomic E-state index is 13.0. The predicted octanol–water partition coefficient (Wildman–Crippen LogP) is 3.20. The Morgan fingerprint density at radius 1 is 1.25 bits per heavy atom. The van der Waals surface area contributed by atoms with Crippen molar-refractivity contribution in [2.45, 2.75) is 32.2 Å². The van der Waals surface area contributed by atoms with Crippen LogP contribution in [-0.2, 0) is 6.54 Å². The average molecular weight is 378 g/mol. The Kier molecular flexibility index (Phi) is 4.15. The normalized spacial score (nSPS) is 18.2. The molecule has 2 aromatic heterocycles. The highest BCUT2D eigenvalue weighted by Gasteiger charge is 2.32. The lowest BCUT2D eigenvalue weighted by Gasteiger charge is -2.17. The van der Waals surface area contributed by atoms with Crippen LogP contribution in [0.15, 0.2) is 36.5 Å². The van der Waals surface area contributed by atoms with Crippen LogP contribution in [0.2, 0.25) is 0 Å². The van der Waals surface area contributed by atoms with E-state index in [1.165, 1.54) is 0 Å². The van der Waals surface area contributed by atoms with Gasteiger partial charge in [0, 0.05) is 37.3 Å². The molecule has 3 aromatic rings. The van der Waals surface area contributed by atoms with Crippen LogP contribution in [0.1, 0.15) is 41.9 Å². The third kappa shape index (κ3) is 2.78. The topological polar surface area (TPSA) is 69.5 Å². The SMILES string of the molecule is CCCn1c([C@H]2CCN(C(=O)c3ccc4c(c3)OCO4)C2)nc2cccnc21. The molecule has 2 aliphatic rings. The molecule has 0 bridgehead atoms. The molecular weight excluding hydrogens is 356 g/mol. The Morgan fingerprint density at radius 2 is 2.14 bits per heavy atom. The summed E-state index contributed by atoms with van der Waals surface area (Å²) in [5, 5.41) is 0. The maximum Gasteiger partial charge on any atom is 0.254 e. The Labute approximate surface area is 162 Å². The number of aryl methyl sites for hydroxylation is 1. The predicted molar refractivity (Wildman–Crippen MR) is 104 cm³/mol. The maximum absolute atomic E-state index is 13.0. The average Bonchev–Trinajstić information content (AvgIpc) is 3.45. The highest BCUT2D eigenvalue weighted by Crippen LogP contribution is 2.34. The van der Waals surface area contributed by atoms with E-state index in [2.05, 4.69) is 16.5 Å². The van der Waals surface area contributed by atoms with Crippen molar-refractivity contribution >= 4 is 17.1 Å². The summed E-state index contributed by atoms with van der Waals surface area (Å²) in [6.07, 6.45) is 3.73. The smallest absolute Gasteiger partial charge is 0.254 e. The van der Waals surface area contributed by atoms with Gasteiger partial charge in [-0.1, -0.05) is 6.92 Å². The van der Waals surface area contributed by atoms with Crippen molar-refractivity contribution in [3.63, 3.8) is 0 Å². The Bertz CT molecular complexity index is 1050. The minimum absolute atomic E-state index is 0.0251. The minimum Gasteiger partial charge on any atom is -0.454 e. The van der Waals surface area contributed by atoms with Crippen LogP contribution >= 0.6 is 0 Å². The van der Waals surface area contributed by atoms with E-state index in [0.29, 0.717) is 23.6 Å². The van der Waals surface area contributed by atoms with Gasteiger partial charge in [0.1, 0.15) is 11.3 Å². The van der Waals surface area contributed by atoms with Crippen molar-refractivity contribution in [2.24, 2.45) is 0 Å². The summed E-state index contributed by atoms with van der Waals surface area (Å²) >= 11 is 0. The van der Waals surface area contributed by atoms with Crippen LogP contribution in [0, 0.1) is 0 Å². The third-order valence-corrected chi connectivity index (χ3v) is 5.44. The van der Waals surface area contributed by atoms with Crippen LogP contribution in [0.3, 0.4) is 0 Å². The van der Waals surface area contributed by atoms with Crippen LogP contribution in [-0.4, -0.2) is 45.2 Å². The van der Waals surface area contributed by atoms with E-state index in [1.54, 1.807) is 18.2 Å². The standard InChI is InChI=1S/C21H22N4O3/c1-2-9-25-19(23-16-4-3-8-22-20(16)25)15-7-10-24(12-15)21(26)14-5-6-17-18(11-14)28-13-27-17/h3-6,8,11,15H,2,7,9-10,12-13H2,1H3/t15-/m0/s1. The van der Waals surface area contributed by atoms with Crippen LogP contribution in [0.25, 0.3) is 11.2 Å². The number of carbonyl (C=O) groups is 1. The van der Waals surface area contributed by atoms with Crippen molar-refractivity contribution < 1.29 is 14.3 Å². The van der Waals surface area contributed by atoms with Crippen LogP contribution < -0.4 is 9.47 Å². The summed E-state index contributed by atoms with van der Waals surface area (Å²) in [7, 11) is 0. The summed E-state index contributed by atoms with van der Waals surface area (Å²) in [5.74, 6) is 2.61. The van der Waals surface area contributed by atoms with Gasteiger partial charge in [-0.3, -0.25) is 4.79 Å². The molecule has 4 heterocycles. The van der Waals surface area contributed by atoms with Gasteiger partial charge < -0.3 is 18.9 Å². The Balaban J connectivity index is 1.39. The van der Waals surface area contributed by atoms with E-state index >= 15 is 0 Å². The Morgan fingerprint density at radius 3 is 3.04 bits per heavy atom. The van der Waals surface area contributed by atoms with Gasteiger partial charge in [0.05, 0.1) is 0 Å². The number of benzene rings is 1. The second-order valence-electron chi connectivity index (χ2n) is 7.27. The van der Waals surface area contributed by atoms with Gasteiger partial charge in [-0.05, 0) is 43.2 Å². The molecule has 7 nitrogen and oxygen atoms in total. The first kappa shape index (κ1) is 17.0. The number of rotatable bonds is 4. The molecule has 0 radical (unpaired) electrons. The molecule has 7 heteroatoms. The van der Waals surface area contributed by atoms with Crippen molar-refractivity contribution in [3.8, 4) is 11.5 Å². The number of imidazole rings is 1. The number of amides is 1. The minimum atomic E-state index is 0.0251. The highest BCUT2D eigenvalue weighted by molar-refractivity contribution is 5.95. The van der Waals surface area contributed by atoms with Gasteiger partial charge in [0.15, 0.2) is 17.1 Å². The first-order valence-corrected chi connectivity index (χ1v) is 9.74. The molecule has 28 heavy (non-hydrogen) atoms. The molecule has 2 aliphatic heterocycles. The first-order chi connectivity index (χ1) is 13.7. The number of nitrogens with zero attached hydrogens (tertiary/aromatic N) is 4. The van der Waals surface area contributed by atoms with Crippen LogP contribution in [0.4, 0.5) is 0 Å². The fraction of sp³-hybridized carbons (Fsp3) is 0.381. The molecule has 0 unspecified atom stereocenters. The molecule has 0 N–H and O–H groups in total. The molecule has 1 aromatic carbocycles. The molecule has 5 rings (SSSR count).